The van der Waals surface area contributed by atoms with Crippen LogP contribution in [0.3, 0.4) is 0 Å². The molecule has 17 heavy (non-hydrogen) atoms. The second-order valence-corrected chi connectivity index (χ2v) is 4.97. The van der Waals surface area contributed by atoms with Gasteiger partial charge in [-0.15, -0.1) is 0 Å². The highest BCUT2D eigenvalue weighted by Crippen LogP contribution is 2.19. The van der Waals surface area contributed by atoms with Crippen LogP contribution >= 0.6 is 15.9 Å². The van der Waals surface area contributed by atoms with Gasteiger partial charge in [0.2, 0.25) is 5.91 Å². The van der Waals surface area contributed by atoms with Crippen LogP contribution in [0.1, 0.15) is 19.3 Å². The van der Waals surface area contributed by atoms with Gasteiger partial charge in [0.15, 0.2) is 0 Å². The number of amides is 1. The lowest BCUT2D eigenvalue weighted by molar-refractivity contribution is -0.118. The largest absolute Gasteiger partial charge is 0.325 e. The predicted octanol–water partition coefficient (Wildman–Crippen LogP) is 2.67. The second kappa shape index (κ2) is 5.60. The van der Waals surface area contributed by atoms with Crippen LogP contribution < -0.4 is 10.6 Å². The SMILES string of the molecule is O=C(Nc1ccc(Br)c(F)c1)[C@@H]1CCCCN1. The van der Waals surface area contributed by atoms with Crippen molar-refractivity contribution in [2.24, 2.45) is 0 Å². The van der Waals surface area contributed by atoms with Crippen molar-refractivity contribution in [1.82, 2.24) is 5.32 Å². The fourth-order valence-corrected chi connectivity index (χ4v) is 2.13. The molecule has 0 bridgehead atoms. The number of carbonyl (C=O) groups is 1. The number of hydrogen-bond acceptors (Lipinski definition) is 2. The lowest BCUT2D eigenvalue weighted by Gasteiger charge is -2.22. The summed E-state index contributed by atoms with van der Waals surface area (Å²) in [6.45, 7) is 0.868. The summed E-state index contributed by atoms with van der Waals surface area (Å²) < 4.78 is 13.7. The van der Waals surface area contributed by atoms with Gasteiger partial charge in [-0.2, -0.15) is 0 Å². The van der Waals surface area contributed by atoms with Crippen molar-refractivity contribution in [2.45, 2.75) is 25.3 Å². The molecule has 1 amide bonds. The Kier molecular flexibility index (Phi) is 4.12. The first-order valence-corrected chi connectivity index (χ1v) is 6.45. The monoisotopic (exact) mass is 300 g/mol. The Bertz CT molecular complexity index is 419. The topological polar surface area (TPSA) is 41.1 Å². The van der Waals surface area contributed by atoms with Crippen molar-refractivity contribution in [3.63, 3.8) is 0 Å². The zero-order valence-corrected chi connectivity index (χ0v) is 10.9. The van der Waals surface area contributed by atoms with Crippen LogP contribution in [-0.4, -0.2) is 18.5 Å². The van der Waals surface area contributed by atoms with Gasteiger partial charge in [0.05, 0.1) is 10.5 Å². The third-order valence-corrected chi connectivity index (χ3v) is 3.46. The van der Waals surface area contributed by atoms with Crippen molar-refractivity contribution in [2.75, 3.05) is 11.9 Å². The van der Waals surface area contributed by atoms with Crippen LogP contribution in [0.4, 0.5) is 10.1 Å². The van der Waals surface area contributed by atoms with E-state index in [1.54, 1.807) is 12.1 Å². The number of benzene rings is 1. The second-order valence-electron chi connectivity index (χ2n) is 4.12. The van der Waals surface area contributed by atoms with Crippen molar-refractivity contribution in [3.8, 4) is 0 Å². The standard InChI is InChI=1S/C12H14BrFN2O/c13-9-5-4-8(7-10(9)14)16-12(17)11-3-1-2-6-15-11/h4-5,7,11,15H,1-3,6H2,(H,16,17)/t11-/m0/s1. The van der Waals surface area contributed by atoms with E-state index in [9.17, 15) is 9.18 Å². The van der Waals surface area contributed by atoms with E-state index < -0.39 is 0 Å². The third-order valence-electron chi connectivity index (χ3n) is 2.81. The Balaban J connectivity index is 1.99. The van der Waals surface area contributed by atoms with Crippen LogP contribution in [0.5, 0.6) is 0 Å². The maximum Gasteiger partial charge on any atom is 0.241 e. The normalized spacial score (nSPS) is 20.0. The third kappa shape index (κ3) is 3.26. The first kappa shape index (κ1) is 12.5. The van der Waals surface area contributed by atoms with Gasteiger partial charge in [0, 0.05) is 5.69 Å². The van der Waals surface area contributed by atoms with Gasteiger partial charge in [-0.1, -0.05) is 6.42 Å². The Morgan fingerprint density at radius 1 is 1.47 bits per heavy atom. The Morgan fingerprint density at radius 3 is 2.94 bits per heavy atom. The van der Waals surface area contributed by atoms with E-state index in [0.717, 1.165) is 25.8 Å². The summed E-state index contributed by atoms with van der Waals surface area (Å²) in [5.74, 6) is -0.467. The van der Waals surface area contributed by atoms with Gasteiger partial charge in [-0.25, -0.2) is 4.39 Å². The van der Waals surface area contributed by atoms with Gasteiger partial charge in [0.25, 0.3) is 0 Å². The van der Waals surface area contributed by atoms with E-state index in [4.69, 9.17) is 0 Å². The van der Waals surface area contributed by atoms with Crippen LogP contribution in [-0.2, 0) is 4.79 Å². The van der Waals surface area contributed by atoms with Crippen molar-refractivity contribution >= 4 is 27.5 Å². The molecule has 1 aromatic carbocycles. The average molecular weight is 301 g/mol. The lowest BCUT2D eigenvalue weighted by atomic mass is 10.0. The maximum absolute atomic E-state index is 13.3. The summed E-state index contributed by atoms with van der Waals surface area (Å²) in [5, 5.41) is 5.87. The average Bonchev–Trinajstić information content (AvgIpc) is 2.35. The molecule has 1 heterocycles. The number of piperidine rings is 1. The molecule has 2 rings (SSSR count). The predicted molar refractivity (Wildman–Crippen MR) is 68.4 cm³/mol. The molecular weight excluding hydrogens is 287 g/mol. The van der Waals surface area contributed by atoms with Crippen LogP contribution in [0.25, 0.3) is 0 Å². The maximum atomic E-state index is 13.3. The molecule has 5 heteroatoms. The summed E-state index contributed by atoms with van der Waals surface area (Å²) in [7, 11) is 0. The summed E-state index contributed by atoms with van der Waals surface area (Å²) in [6, 6.07) is 4.41. The van der Waals surface area contributed by atoms with Gasteiger partial charge < -0.3 is 10.6 Å². The molecule has 1 aliphatic rings. The fraction of sp³-hybridized carbons (Fsp3) is 0.417. The lowest BCUT2D eigenvalue weighted by Crippen LogP contribution is -2.43. The molecule has 1 fully saturated rings. The van der Waals surface area contributed by atoms with E-state index >= 15 is 0 Å². The summed E-state index contributed by atoms with van der Waals surface area (Å²) in [6.07, 6.45) is 3.00. The van der Waals surface area contributed by atoms with Crippen LogP contribution in [0, 0.1) is 5.82 Å². The zero-order valence-electron chi connectivity index (χ0n) is 9.30. The van der Waals surface area contributed by atoms with E-state index in [1.807, 2.05) is 0 Å². The Labute approximate surface area is 108 Å². The number of anilines is 1. The molecule has 0 aliphatic carbocycles. The molecule has 0 radical (unpaired) electrons. The highest BCUT2D eigenvalue weighted by molar-refractivity contribution is 9.10. The number of halogens is 2. The van der Waals surface area contributed by atoms with Crippen molar-refractivity contribution < 1.29 is 9.18 Å². The van der Waals surface area contributed by atoms with E-state index in [1.165, 1.54) is 6.07 Å². The van der Waals surface area contributed by atoms with Crippen LogP contribution in [0.2, 0.25) is 0 Å². The van der Waals surface area contributed by atoms with Crippen molar-refractivity contribution in [3.05, 3.63) is 28.5 Å². The number of hydrogen-bond donors (Lipinski definition) is 2. The minimum Gasteiger partial charge on any atom is -0.325 e. The zero-order chi connectivity index (χ0) is 12.3. The molecule has 0 spiro atoms. The highest BCUT2D eigenvalue weighted by Gasteiger charge is 2.20. The summed E-state index contributed by atoms with van der Waals surface area (Å²) in [5.41, 5.74) is 0.489. The number of carbonyl (C=O) groups excluding carboxylic acids is 1. The smallest absolute Gasteiger partial charge is 0.241 e. The molecule has 1 aromatic rings. The van der Waals surface area contributed by atoms with E-state index in [2.05, 4.69) is 26.6 Å². The molecule has 2 N–H and O–H groups in total. The van der Waals surface area contributed by atoms with Gasteiger partial charge in [-0.05, 0) is 53.5 Å². The Hall–Kier alpha value is -0.940. The van der Waals surface area contributed by atoms with E-state index in [0.29, 0.717) is 10.2 Å². The molecule has 0 aromatic heterocycles. The minimum atomic E-state index is -0.376. The van der Waals surface area contributed by atoms with Gasteiger partial charge >= 0.3 is 0 Å². The highest BCUT2D eigenvalue weighted by atomic mass is 79.9. The quantitative estimate of drug-likeness (QED) is 0.882. The first-order valence-electron chi connectivity index (χ1n) is 5.66. The van der Waals surface area contributed by atoms with Gasteiger partial charge in [0.1, 0.15) is 5.82 Å². The molecule has 0 unspecified atom stereocenters. The molecule has 3 nitrogen and oxygen atoms in total. The number of rotatable bonds is 2. The summed E-state index contributed by atoms with van der Waals surface area (Å²) in [4.78, 5) is 11.9. The fourth-order valence-electron chi connectivity index (χ4n) is 1.88. The molecule has 1 aliphatic heterocycles. The number of nitrogens with one attached hydrogen (secondary N) is 2. The molecule has 92 valence electrons. The Morgan fingerprint density at radius 2 is 2.29 bits per heavy atom. The molecule has 1 atom stereocenters. The van der Waals surface area contributed by atoms with Crippen LogP contribution in [0.15, 0.2) is 22.7 Å². The molecule has 1 saturated heterocycles. The minimum absolute atomic E-state index is 0.0913. The van der Waals surface area contributed by atoms with E-state index in [-0.39, 0.29) is 17.8 Å². The van der Waals surface area contributed by atoms with Gasteiger partial charge in [-0.3, -0.25) is 4.79 Å². The first-order chi connectivity index (χ1) is 8.16. The van der Waals surface area contributed by atoms with Crippen molar-refractivity contribution in [1.29, 1.82) is 0 Å². The molecular formula is C12H14BrFN2O. The summed E-state index contributed by atoms with van der Waals surface area (Å²) >= 11 is 3.07. The molecule has 0 saturated carbocycles.